The van der Waals surface area contributed by atoms with Gasteiger partial charge in [-0.25, -0.2) is 4.79 Å². The molecule has 10 heteroatoms. The maximum absolute atomic E-state index is 12.4. The van der Waals surface area contributed by atoms with E-state index in [1.807, 2.05) is 0 Å². The second kappa shape index (κ2) is 9.49. The number of nitrogens with one attached hydrogen (secondary N) is 2. The van der Waals surface area contributed by atoms with Crippen molar-refractivity contribution in [3.8, 4) is 0 Å². The number of nitrogens with zero attached hydrogens (tertiary/aromatic N) is 1. The molecule has 3 amide bonds. The lowest BCUT2D eigenvalue weighted by Gasteiger charge is -2.28. The summed E-state index contributed by atoms with van der Waals surface area (Å²) in [6.07, 6.45) is -1.67. The normalized spacial score (nSPS) is 30.7. The molecule has 1 aromatic carbocycles. The number of anilines is 1. The van der Waals surface area contributed by atoms with Gasteiger partial charge >= 0.3 is 6.03 Å². The van der Waals surface area contributed by atoms with Crippen LogP contribution in [0.5, 0.6) is 0 Å². The molecule has 3 aliphatic rings. The Kier molecular flexibility index (Phi) is 6.74. The molecule has 3 saturated heterocycles. The Morgan fingerprint density at radius 2 is 2.03 bits per heavy atom. The largest absolute Gasteiger partial charge is 0.388 e. The van der Waals surface area contributed by atoms with Crippen LogP contribution in [0.4, 0.5) is 10.5 Å². The number of carbonyl (C=O) groups is 2. The number of benzene rings is 1. The molecular formula is C20H26ClN3O6. The number of rotatable bonds is 5. The minimum absolute atomic E-state index is 0.0358. The Bertz CT molecular complexity index is 775. The average Bonchev–Trinajstić information content (AvgIpc) is 3.25. The second-order valence-corrected chi connectivity index (χ2v) is 8.14. The van der Waals surface area contributed by atoms with Crippen LogP contribution in [-0.2, 0) is 19.0 Å². The second-order valence-electron chi connectivity index (χ2n) is 7.70. The number of ether oxygens (including phenoxy) is 3. The summed E-state index contributed by atoms with van der Waals surface area (Å²) in [4.78, 5) is 26.2. The number of aliphatic hydroxyl groups is 1. The highest BCUT2D eigenvalue weighted by molar-refractivity contribution is 6.30. The zero-order valence-electron chi connectivity index (χ0n) is 16.5. The predicted octanol–water partition coefficient (Wildman–Crippen LogP) is 0.996. The number of amides is 3. The molecule has 0 spiro atoms. The molecule has 3 aliphatic heterocycles. The minimum Gasteiger partial charge on any atom is -0.388 e. The van der Waals surface area contributed by atoms with Crippen molar-refractivity contribution in [2.24, 2.45) is 0 Å². The molecular weight excluding hydrogens is 414 g/mol. The topological polar surface area (TPSA) is 109 Å². The molecule has 5 atom stereocenters. The van der Waals surface area contributed by atoms with E-state index in [1.165, 1.54) is 0 Å². The van der Waals surface area contributed by atoms with E-state index in [4.69, 9.17) is 25.8 Å². The van der Waals surface area contributed by atoms with Gasteiger partial charge in [-0.05, 0) is 18.2 Å². The fraction of sp³-hybridized carbons (Fsp3) is 0.600. The molecule has 164 valence electrons. The van der Waals surface area contributed by atoms with E-state index in [1.54, 1.807) is 29.2 Å². The number of hydrogen-bond donors (Lipinski definition) is 3. The maximum atomic E-state index is 12.4. The molecule has 0 aliphatic carbocycles. The molecule has 30 heavy (non-hydrogen) atoms. The summed E-state index contributed by atoms with van der Waals surface area (Å²) in [5, 5.41) is 16.4. The van der Waals surface area contributed by atoms with Crippen LogP contribution >= 0.6 is 11.6 Å². The van der Waals surface area contributed by atoms with E-state index in [-0.39, 0.29) is 31.1 Å². The van der Waals surface area contributed by atoms with Crippen LogP contribution in [0.15, 0.2) is 24.3 Å². The number of aliphatic hydroxyl groups excluding tert-OH is 1. The maximum Gasteiger partial charge on any atom is 0.319 e. The van der Waals surface area contributed by atoms with Crippen molar-refractivity contribution in [2.45, 2.75) is 43.4 Å². The van der Waals surface area contributed by atoms with Crippen LogP contribution in [0, 0.1) is 0 Å². The van der Waals surface area contributed by atoms with Gasteiger partial charge in [0.05, 0.1) is 31.8 Å². The molecule has 9 nitrogen and oxygen atoms in total. The van der Waals surface area contributed by atoms with E-state index in [0.717, 1.165) is 0 Å². The smallest absolute Gasteiger partial charge is 0.319 e. The Morgan fingerprint density at radius 1 is 1.23 bits per heavy atom. The van der Waals surface area contributed by atoms with Crippen LogP contribution in [0.2, 0.25) is 5.02 Å². The first kappa shape index (κ1) is 21.3. The first-order valence-electron chi connectivity index (χ1n) is 10.1. The highest BCUT2D eigenvalue weighted by Crippen LogP contribution is 2.35. The van der Waals surface area contributed by atoms with Crippen molar-refractivity contribution < 1.29 is 28.9 Å². The van der Waals surface area contributed by atoms with Gasteiger partial charge in [0.2, 0.25) is 5.91 Å². The number of morpholine rings is 1. The van der Waals surface area contributed by atoms with E-state index in [2.05, 4.69) is 10.6 Å². The van der Waals surface area contributed by atoms with Crippen molar-refractivity contribution in [2.75, 3.05) is 38.2 Å². The number of hydrogen-bond acceptors (Lipinski definition) is 6. The fourth-order valence-corrected chi connectivity index (χ4v) is 4.27. The average molecular weight is 440 g/mol. The fourth-order valence-electron chi connectivity index (χ4n) is 4.08. The first-order chi connectivity index (χ1) is 14.5. The van der Waals surface area contributed by atoms with Gasteiger partial charge in [-0.1, -0.05) is 17.7 Å². The van der Waals surface area contributed by atoms with Crippen molar-refractivity contribution in [3.63, 3.8) is 0 Å². The zero-order valence-corrected chi connectivity index (χ0v) is 17.2. The summed E-state index contributed by atoms with van der Waals surface area (Å²) >= 11 is 5.90. The van der Waals surface area contributed by atoms with Gasteiger partial charge in [0, 0.05) is 36.8 Å². The third kappa shape index (κ3) is 5.04. The molecule has 4 rings (SSSR count). The monoisotopic (exact) mass is 439 g/mol. The summed E-state index contributed by atoms with van der Waals surface area (Å²) in [5.41, 5.74) is 0.570. The summed E-state index contributed by atoms with van der Waals surface area (Å²) in [6, 6.07) is 6.40. The van der Waals surface area contributed by atoms with Gasteiger partial charge in [-0.15, -0.1) is 0 Å². The van der Waals surface area contributed by atoms with E-state index < -0.39 is 24.3 Å². The lowest BCUT2D eigenvalue weighted by molar-refractivity contribution is -0.138. The summed E-state index contributed by atoms with van der Waals surface area (Å²) in [7, 11) is 0. The predicted molar refractivity (Wildman–Crippen MR) is 108 cm³/mol. The lowest BCUT2D eigenvalue weighted by Crippen LogP contribution is -2.43. The molecule has 1 aromatic rings. The van der Waals surface area contributed by atoms with Crippen LogP contribution < -0.4 is 10.6 Å². The zero-order chi connectivity index (χ0) is 21.1. The molecule has 3 N–H and O–H groups in total. The molecule has 5 unspecified atom stereocenters. The quantitative estimate of drug-likeness (QED) is 0.631. The molecule has 0 saturated carbocycles. The first-order valence-corrected chi connectivity index (χ1v) is 10.5. The van der Waals surface area contributed by atoms with Crippen LogP contribution in [0.3, 0.4) is 0 Å². The van der Waals surface area contributed by atoms with Crippen LogP contribution in [0.1, 0.15) is 12.8 Å². The van der Waals surface area contributed by atoms with Gasteiger partial charge in [0.1, 0.15) is 18.3 Å². The number of carbonyl (C=O) groups excluding carboxylic acids is 2. The Morgan fingerprint density at radius 3 is 2.77 bits per heavy atom. The van der Waals surface area contributed by atoms with Gasteiger partial charge < -0.3 is 34.9 Å². The van der Waals surface area contributed by atoms with Gasteiger partial charge in [0.25, 0.3) is 0 Å². The van der Waals surface area contributed by atoms with E-state index >= 15 is 0 Å². The molecule has 3 fully saturated rings. The Labute approximate surface area is 179 Å². The van der Waals surface area contributed by atoms with Crippen molar-refractivity contribution in [1.29, 1.82) is 0 Å². The molecule has 0 bridgehead atoms. The summed E-state index contributed by atoms with van der Waals surface area (Å²) in [6.45, 7) is 2.46. The number of halogens is 1. The van der Waals surface area contributed by atoms with Crippen molar-refractivity contribution in [1.82, 2.24) is 10.2 Å². The number of fused-ring (bicyclic) bond motifs is 1. The van der Waals surface area contributed by atoms with Crippen molar-refractivity contribution >= 4 is 29.2 Å². The standard InChI is InChI=1S/C20H26ClN3O6/c21-12-2-1-3-13(8-12)23-20(27)22-11-16-18(26)19-15(30-16)9-14(29-19)10-17(25)24-4-6-28-7-5-24/h1-3,8,14-16,18-19,26H,4-7,9-11H2,(H2,22,23,27). The van der Waals surface area contributed by atoms with Gasteiger partial charge in [0.15, 0.2) is 0 Å². The van der Waals surface area contributed by atoms with Crippen molar-refractivity contribution in [3.05, 3.63) is 29.3 Å². The van der Waals surface area contributed by atoms with Crippen LogP contribution in [0.25, 0.3) is 0 Å². The third-order valence-corrected chi connectivity index (χ3v) is 5.83. The minimum atomic E-state index is -0.870. The van der Waals surface area contributed by atoms with E-state index in [0.29, 0.717) is 43.4 Å². The molecule has 3 heterocycles. The lowest BCUT2D eigenvalue weighted by atomic mass is 10.1. The van der Waals surface area contributed by atoms with Gasteiger partial charge in [-0.2, -0.15) is 0 Å². The Hall–Kier alpha value is -1.91. The van der Waals surface area contributed by atoms with Gasteiger partial charge in [-0.3, -0.25) is 4.79 Å². The Balaban J connectivity index is 1.21. The summed E-state index contributed by atoms with van der Waals surface area (Å²) < 4.78 is 17.1. The SMILES string of the molecule is O=C(NCC1OC2CC(CC(=O)N3CCOCC3)OC2C1O)Nc1cccc(Cl)c1. The molecule has 0 aromatic heterocycles. The highest BCUT2D eigenvalue weighted by atomic mass is 35.5. The molecule has 0 radical (unpaired) electrons. The van der Waals surface area contributed by atoms with Crippen LogP contribution in [-0.4, -0.2) is 85.3 Å². The summed E-state index contributed by atoms with van der Waals surface area (Å²) in [5.74, 6) is 0.0358. The number of urea groups is 1. The third-order valence-electron chi connectivity index (χ3n) is 5.59. The highest BCUT2D eigenvalue weighted by Gasteiger charge is 2.50. The van der Waals surface area contributed by atoms with E-state index in [9.17, 15) is 14.7 Å².